The van der Waals surface area contributed by atoms with Gasteiger partial charge in [0.1, 0.15) is 0 Å². The lowest BCUT2D eigenvalue weighted by Crippen LogP contribution is -2.21. The molecule has 0 radical (unpaired) electrons. The average molecular weight is 362 g/mol. The van der Waals surface area contributed by atoms with Gasteiger partial charge in [0.25, 0.3) is 0 Å². The molecule has 2 aromatic rings. The summed E-state index contributed by atoms with van der Waals surface area (Å²) in [5.74, 6) is 1.21. The number of amidine groups is 1. The zero-order chi connectivity index (χ0) is 12.9. The molecule has 7 heteroatoms. The SMILES string of the molecule is Cl.Cl.c1ccc([C@H]2CN3CCSC3=N2)cc1.c1cscn1. The maximum absolute atomic E-state index is 4.73. The smallest absolute Gasteiger partial charge is 0.160 e. The molecular weight excluding hydrogens is 345 g/mol. The summed E-state index contributed by atoms with van der Waals surface area (Å²) in [4.78, 5) is 10.9. The largest absolute Gasteiger partial charge is 0.348 e. The molecule has 1 aromatic carbocycles. The number of nitrogens with zero attached hydrogens (tertiary/aromatic N) is 3. The maximum atomic E-state index is 4.73. The first kappa shape index (κ1) is 18.3. The van der Waals surface area contributed by atoms with Crippen LogP contribution in [0.5, 0.6) is 0 Å². The number of rotatable bonds is 1. The summed E-state index contributed by atoms with van der Waals surface area (Å²) in [7, 11) is 0. The van der Waals surface area contributed by atoms with E-state index in [4.69, 9.17) is 4.99 Å². The van der Waals surface area contributed by atoms with Crippen LogP contribution in [0.25, 0.3) is 0 Å². The van der Waals surface area contributed by atoms with E-state index in [1.54, 1.807) is 23.0 Å². The standard InChI is InChI=1S/C11H12N2S.C3H3NS.2ClH/c1-2-4-9(5-3-1)10-8-13-6-7-14-11(13)12-10;1-2-5-3-4-1;;/h1-5,10H,6-8H2;1-3H;2*1H/t10-;;;/m1.../s1. The summed E-state index contributed by atoms with van der Waals surface area (Å²) in [6.07, 6.45) is 1.77. The van der Waals surface area contributed by atoms with Crippen molar-refractivity contribution in [3.8, 4) is 0 Å². The van der Waals surface area contributed by atoms with E-state index in [0.29, 0.717) is 6.04 Å². The van der Waals surface area contributed by atoms with Crippen LogP contribution in [-0.4, -0.2) is 33.9 Å². The molecule has 0 aliphatic carbocycles. The maximum Gasteiger partial charge on any atom is 0.160 e. The summed E-state index contributed by atoms with van der Waals surface area (Å²) < 4.78 is 0. The zero-order valence-electron chi connectivity index (χ0n) is 11.3. The lowest BCUT2D eigenvalue weighted by molar-refractivity contribution is 0.464. The van der Waals surface area contributed by atoms with Gasteiger partial charge in [0.15, 0.2) is 5.17 Å². The molecule has 0 bridgehead atoms. The normalized spacial score (nSPS) is 18.6. The van der Waals surface area contributed by atoms with Crippen LogP contribution in [0.2, 0.25) is 0 Å². The van der Waals surface area contributed by atoms with Crippen LogP contribution in [0.15, 0.2) is 52.4 Å². The fourth-order valence-corrected chi connectivity index (χ4v) is 3.53. The molecule has 0 N–H and O–H groups in total. The van der Waals surface area contributed by atoms with Crippen LogP contribution in [0, 0.1) is 0 Å². The molecule has 114 valence electrons. The van der Waals surface area contributed by atoms with Gasteiger partial charge in [-0.25, -0.2) is 0 Å². The van der Waals surface area contributed by atoms with Crippen molar-refractivity contribution in [1.29, 1.82) is 0 Å². The molecule has 1 atom stereocenters. The van der Waals surface area contributed by atoms with E-state index >= 15 is 0 Å². The van der Waals surface area contributed by atoms with Crippen molar-refractivity contribution < 1.29 is 0 Å². The molecule has 2 aliphatic heterocycles. The quantitative estimate of drug-likeness (QED) is 0.764. The summed E-state index contributed by atoms with van der Waals surface area (Å²) in [5.41, 5.74) is 3.13. The van der Waals surface area contributed by atoms with Crippen molar-refractivity contribution in [2.75, 3.05) is 18.8 Å². The highest BCUT2D eigenvalue weighted by molar-refractivity contribution is 8.14. The average Bonchev–Trinajstić information content (AvgIpc) is 3.18. The predicted molar refractivity (Wildman–Crippen MR) is 97.3 cm³/mol. The first-order valence-electron chi connectivity index (χ1n) is 6.26. The number of fused-ring (bicyclic) bond motifs is 1. The Morgan fingerprint density at radius 1 is 1.14 bits per heavy atom. The van der Waals surface area contributed by atoms with E-state index in [-0.39, 0.29) is 24.8 Å². The number of thioether (sulfide) groups is 1. The van der Waals surface area contributed by atoms with E-state index in [9.17, 15) is 0 Å². The van der Waals surface area contributed by atoms with E-state index < -0.39 is 0 Å². The molecule has 3 heterocycles. The Bertz CT molecular complexity index is 517. The van der Waals surface area contributed by atoms with Gasteiger partial charge in [0.2, 0.25) is 0 Å². The molecule has 1 saturated heterocycles. The van der Waals surface area contributed by atoms with Gasteiger partial charge >= 0.3 is 0 Å². The van der Waals surface area contributed by atoms with Crippen molar-refractivity contribution >= 4 is 53.1 Å². The number of aromatic nitrogens is 1. The molecule has 0 spiro atoms. The fourth-order valence-electron chi connectivity index (χ4n) is 2.14. The van der Waals surface area contributed by atoms with E-state index in [0.717, 1.165) is 6.54 Å². The second-order valence-corrected chi connectivity index (χ2v) is 6.13. The van der Waals surface area contributed by atoms with Gasteiger partial charge in [-0.3, -0.25) is 9.98 Å². The molecule has 0 unspecified atom stereocenters. The first-order chi connectivity index (χ1) is 9.43. The Kier molecular flexibility index (Phi) is 8.11. The molecular formula is C14H17Cl2N3S2. The number of halogens is 2. The van der Waals surface area contributed by atoms with Crippen LogP contribution in [0.3, 0.4) is 0 Å². The summed E-state index contributed by atoms with van der Waals surface area (Å²) in [6.45, 7) is 2.25. The highest BCUT2D eigenvalue weighted by Gasteiger charge is 2.29. The molecule has 0 saturated carbocycles. The van der Waals surface area contributed by atoms with Crippen LogP contribution < -0.4 is 0 Å². The lowest BCUT2D eigenvalue weighted by Gasteiger charge is -2.12. The summed E-state index contributed by atoms with van der Waals surface area (Å²) in [6, 6.07) is 10.9. The molecule has 2 aliphatic rings. The minimum absolute atomic E-state index is 0. The predicted octanol–water partition coefficient (Wildman–Crippen LogP) is 4.13. The number of benzene rings is 1. The second-order valence-electron chi connectivity index (χ2n) is 4.31. The van der Waals surface area contributed by atoms with Crippen LogP contribution in [0.1, 0.15) is 11.6 Å². The summed E-state index contributed by atoms with van der Waals surface area (Å²) >= 11 is 3.49. The lowest BCUT2D eigenvalue weighted by atomic mass is 10.1. The van der Waals surface area contributed by atoms with E-state index in [1.807, 2.05) is 17.1 Å². The van der Waals surface area contributed by atoms with Gasteiger partial charge in [-0.2, -0.15) is 0 Å². The molecule has 21 heavy (non-hydrogen) atoms. The van der Waals surface area contributed by atoms with Crippen molar-refractivity contribution in [1.82, 2.24) is 9.88 Å². The molecule has 4 rings (SSSR count). The van der Waals surface area contributed by atoms with Crippen molar-refractivity contribution in [2.45, 2.75) is 6.04 Å². The van der Waals surface area contributed by atoms with Gasteiger partial charge in [-0.15, -0.1) is 36.2 Å². The Hall–Kier alpha value is -0.750. The minimum atomic E-state index is 0. The van der Waals surface area contributed by atoms with Gasteiger partial charge in [0, 0.05) is 30.4 Å². The van der Waals surface area contributed by atoms with Gasteiger partial charge < -0.3 is 4.90 Å². The molecule has 1 fully saturated rings. The number of hydrogen-bond donors (Lipinski definition) is 0. The third-order valence-electron chi connectivity index (χ3n) is 3.05. The Labute approximate surface area is 145 Å². The van der Waals surface area contributed by atoms with Crippen LogP contribution in [0.4, 0.5) is 0 Å². The van der Waals surface area contributed by atoms with Gasteiger partial charge in [0.05, 0.1) is 11.6 Å². The summed E-state index contributed by atoms with van der Waals surface area (Å²) in [5, 5.41) is 3.18. The third kappa shape index (κ3) is 4.88. The monoisotopic (exact) mass is 361 g/mol. The van der Waals surface area contributed by atoms with Crippen molar-refractivity contribution in [3.63, 3.8) is 0 Å². The Morgan fingerprint density at radius 3 is 2.52 bits per heavy atom. The number of hydrogen-bond acceptors (Lipinski definition) is 5. The number of aliphatic imine (C=N–C) groups is 1. The Morgan fingerprint density at radius 2 is 1.95 bits per heavy atom. The van der Waals surface area contributed by atoms with Crippen molar-refractivity contribution in [2.24, 2.45) is 4.99 Å². The Balaban J connectivity index is 0.000000273. The third-order valence-corrected chi connectivity index (χ3v) is 4.58. The number of thiazole rings is 1. The topological polar surface area (TPSA) is 28.5 Å². The van der Waals surface area contributed by atoms with Gasteiger partial charge in [-0.1, -0.05) is 42.1 Å². The molecule has 0 amide bonds. The zero-order valence-corrected chi connectivity index (χ0v) is 14.6. The highest BCUT2D eigenvalue weighted by atomic mass is 35.5. The molecule has 1 aromatic heterocycles. The van der Waals surface area contributed by atoms with E-state index in [2.05, 4.69) is 40.2 Å². The van der Waals surface area contributed by atoms with Crippen LogP contribution in [-0.2, 0) is 0 Å². The fraction of sp³-hybridized carbons (Fsp3) is 0.286. The highest BCUT2D eigenvalue weighted by Crippen LogP contribution is 2.31. The second kappa shape index (κ2) is 9.30. The van der Waals surface area contributed by atoms with Crippen molar-refractivity contribution in [3.05, 3.63) is 53.0 Å². The molecule has 3 nitrogen and oxygen atoms in total. The van der Waals surface area contributed by atoms with Crippen LogP contribution >= 0.6 is 47.9 Å². The van der Waals surface area contributed by atoms with Gasteiger partial charge in [-0.05, 0) is 5.56 Å². The van der Waals surface area contributed by atoms with E-state index in [1.165, 1.54) is 23.0 Å². The minimum Gasteiger partial charge on any atom is -0.348 e. The first-order valence-corrected chi connectivity index (χ1v) is 8.19.